The van der Waals surface area contributed by atoms with Crippen molar-refractivity contribution in [3.8, 4) is 6.07 Å². The second kappa shape index (κ2) is 8.88. The van der Waals surface area contributed by atoms with Crippen molar-refractivity contribution in [1.82, 2.24) is 5.32 Å². The molecular weight excluding hydrogens is 428 g/mol. The van der Waals surface area contributed by atoms with E-state index in [0.717, 1.165) is 6.07 Å². The van der Waals surface area contributed by atoms with Crippen LogP contribution < -0.4 is 15.5 Å². The fraction of sp³-hybridized carbons (Fsp3) is 0.0833. The summed E-state index contributed by atoms with van der Waals surface area (Å²) < 4.78 is 28.8. The number of amides is 3. The lowest BCUT2D eigenvalue weighted by Gasteiger charge is -2.21. The minimum atomic E-state index is -1.44. The van der Waals surface area contributed by atoms with E-state index in [9.17, 15) is 23.6 Å². The van der Waals surface area contributed by atoms with E-state index in [2.05, 4.69) is 15.6 Å². The second-order valence-corrected chi connectivity index (χ2v) is 7.15. The summed E-state index contributed by atoms with van der Waals surface area (Å²) >= 11 is 0. The van der Waals surface area contributed by atoms with Gasteiger partial charge in [-0.2, -0.15) is 5.26 Å². The quantitative estimate of drug-likeness (QED) is 0.642. The van der Waals surface area contributed by atoms with Crippen LogP contribution in [0.25, 0.3) is 0 Å². The topological polar surface area (TPSA) is 97.6 Å². The number of hydrogen-bond donors (Lipinski definition) is 2. The number of halogens is 2. The average Bonchev–Trinajstić information content (AvgIpc) is 2.91. The van der Waals surface area contributed by atoms with Crippen molar-refractivity contribution in [3.63, 3.8) is 0 Å². The standard InChI is InChI=1S/C24H17F2N5O2/c1-31-19-12-5-3-9-16(19)21(15-8-2-4-10-17(15)25)28-22(23(31)32)30-24(33)29-20-14(13-27)7-6-11-18(20)26/h2-12,22H,1H3,(H2,29,30,33). The molecule has 0 saturated carbocycles. The Kier molecular flexibility index (Phi) is 5.83. The van der Waals surface area contributed by atoms with E-state index >= 15 is 0 Å². The molecule has 0 aromatic heterocycles. The Balaban J connectivity index is 1.74. The molecule has 9 heteroatoms. The SMILES string of the molecule is CN1C(=O)C(NC(=O)Nc2c(F)cccc2C#N)N=C(c2ccccc2F)c2ccccc21. The number of rotatable bonds is 3. The maximum atomic E-state index is 14.6. The molecule has 0 aliphatic carbocycles. The molecule has 0 radical (unpaired) electrons. The van der Waals surface area contributed by atoms with Crippen molar-refractivity contribution >= 4 is 29.0 Å². The van der Waals surface area contributed by atoms with Crippen LogP contribution in [0.2, 0.25) is 0 Å². The zero-order valence-corrected chi connectivity index (χ0v) is 17.3. The van der Waals surface area contributed by atoms with Crippen molar-refractivity contribution in [2.75, 3.05) is 17.3 Å². The summed E-state index contributed by atoms with van der Waals surface area (Å²) in [6, 6.07) is 17.4. The Hall–Kier alpha value is -4.58. The summed E-state index contributed by atoms with van der Waals surface area (Å²) in [5.41, 5.74) is 0.904. The molecule has 0 fully saturated rings. The molecule has 164 valence electrons. The van der Waals surface area contributed by atoms with Crippen LogP contribution in [0.1, 0.15) is 16.7 Å². The summed E-state index contributed by atoms with van der Waals surface area (Å²) in [6.45, 7) is 0. The molecule has 1 aliphatic heterocycles. The summed E-state index contributed by atoms with van der Waals surface area (Å²) in [5, 5.41) is 13.8. The van der Waals surface area contributed by atoms with Gasteiger partial charge in [0.25, 0.3) is 5.91 Å². The van der Waals surface area contributed by atoms with Gasteiger partial charge in [-0.25, -0.2) is 18.6 Å². The van der Waals surface area contributed by atoms with Crippen LogP contribution in [-0.2, 0) is 4.79 Å². The molecule has 0 spiro atoms. The molecule has 7 nitrogen and oxygen atoms in total. The molecule has 3 amide bonds. The lowest BCUT2D eigenvalue weighted by Crippen LogP contribution is -2.47. The lowest BCUT2D eigenvalue weighted by atomic mass is 10.00. The Morgan fingerprint density at radius 3 is 2.39 bits per heavy atom. The first-order valence-electron chi connectivity index (χ1n) is 9.86. The number of carbonyl (C=O) groups excluding carboxylic acids is 2. The number of anilines is 2. The van der Waals surface area contributed by atoms with Gasteiger partial charge in [-0.1, -0.05) is 36.4 Å². The molecule has 2 N–H and O–H groups in total. The second-order valence-electron chi connectivity index (χ2n) is 7.15. The van der Waals surface area contributed by atoms with Gasteiger partial charge in [0.05, 0.1) is 22.6 Å². The maximum absolute atomic E-state index is 14.6. The number of nitrogens with one attached hydrogen (secondary N) is 2. The summed E-state index contributed by atoms with van der Waals surface area (Å²) in [5.74, 6) is -1.94. The zero-order chi connectivity index (χ0) is 23.5. The minimum absolute atomic E-state index is 0.0857. The van der Waals surface area contributed by atoms with Crippen LogP contribution >= 0.6 is 0 Å². The van der Waals surface area contributed by atoms with Crippen molar-refractivity contribution in [2.45, 2.75) is 6.17 Å². The highest BCUT2D eigenvalue weighted by Crippen LogP contribution is 2.28. The number of likely N-dealkylation sites (N-methyl/N-ethyl adjacent to an activating group) is 1. The normalized spacial score (nSPS) is 15.1. The van der Waals surface area contributed by atoms with E-state index in [1.54, 1.807) is 36.4 Å². The summed E-state index contributed by atoms with van der Waals surface area (Å²) in [4.78, 5) is 31.4. The molecule has 1 unspecified atom stereocenters. The third-order valence-corrected chi connectivity index (χ3v) is 5.11. The third-order valence-electron chi connectivity index (χ3n) is 5.11. The number of fused-ring (bicyclic) bond motifs is 1. The largest absolute Gasteiger partial charge is 0.321 e. The fourth-order valence-corrected chi connectivity index (χ4v) is 3.50. The monoisotopic (exact) mass is 445 g/mol. The molecular formula is C24H17F2N5O2. The fourth-order valence-electron chi connectivity index (χ4n) is 3.50. The number of benzodiazepines with no additional fused rings is 1. The Morgan fingerprint density at radius 1 is 1.00 bits per heavy atom. The van der Waals surface area contributed by atoms with Crippen LogP contribution in [0, 0.1) is 23.0 Å². The predicted octanol–water partition coefficient (Wildman–Crippen LogP) is 3.80. The molecule has 0 saturated heterocycles. The molecule has 0 bridgehead atoms. The molecule has 1 atom stereocenters. The van der Waals surface area contributed by atoms with Gasteiger partial charge in [-0.15, -0.1) is 0 Å². The zero-order valence-electron chi connectivity index (χ0n) is 17.3. The molecule has 3 aromatic carbocycles. The van der Waals surface area contributed by atoms with E-state index in [0.29, 0.717) is 11.3 Å². The Bertz CT molecular complexity index is 1330. The van der Waals surface area contributed by atoms with Crippen molar-refractivity contribution in [1.29, 1.82) is 5.26 Å². The number of carbonyl (C=O) groups is 2. The summed E-state index contributed by atoms with van der Waals surface area (Å²) in [7, 11) is 1.51. The Labute approximate surface area is 188 Å². The number of benzene rings is 3. The number of nitrogens with zero attached hydrogens (tertiary/aromatic N) is 3. The lowest BCUT2D eigenvalue weighted by molar-refractivity contribution is -0.119. The predicted molar refractivity (Wildman–Crippen MR) is 119 cm³/mol. The summed E-state index contributed by atoms with van der Waals surface area (Å²) in [6.07, 6.45) is -1.44. The minimum Gasteiger partial charge on any atom is -0.311 e. The highest BCUT2D eigenvalue weighted by molar-refractivity contribution is 6.20. The van der Waals surface area contributed by atoms with E-state index < -0.39 is 29.7 Å². The van der Waals surface area contributed by atoms with Crippen LogP contribution in [0.3, 0.4) is 0 Å². The first-order chi connectivity index (χ1) is 15.9. The van der Waals surface area contributed by atoms with Gasteiger partial charge >= 0.3 is 6.03 Å². The van der Waals surface area contributed by atoms with Crippen molar-refractivity contribution in [2.24, 2.45) is 4.99 Å². The number of urea groups is 1. The number of aliphatic imine (C=N–C) groups is 1. The van der Waals surface area contributed by atoms with Gasteiger partial charge in [0.1, 0.15) is 17.7 Å². The highest BCUT2D eigenvalue weighted by Gasteiger charge is 2.31. The average molecular weight is 445 g/mol. The molecule has 1 aliphatic rings. The number of para-hydroxylation sites is 2. The van der Waals surface area contributed by atoms with E-state index in [-0.39, 0.29) is 22.5 Å². The first-order valence-corrected chi connectivity index (χ1v) is 9.86. The van der Waals surface area contributed by atoms with Crippen LogP contribution in [0.4, 0.5) is 25.0 Å². The van der Waals surface area contributed by atoms with Crippen molar-refractivity contribution in [3.05, 3.63) is 95.1 Å². The van der Waals surface area contributed by atoms with Crippen LogP contribution in [0.15, 0.2) is 71.7 Å². The number of nitriles is 1. The molecule has 3 aromatic rings. The smallest absolute Gasteiger partial charge is 0.311 e. The van der Waals surface area contributed by atoms with Gasteiger partial charge in [-0.05, 0) is 30.3 Å². The van der Waals surface area contributed by atoms with E-state index in [1.807, 2.05) is 0 Å². The number of hydrogen-bond acceptors (Lipinski definition) is 4. The molecule has 4 rings (SSSR count). The van der Waals surface area contributed by atoms with E-state index in [1.165, 1.54) is 42.3 Å². The van der Waals surface area contributed by atoms with Crippen molar-refractivity contribution < 1.29 is 18.4 Å². The van der Waals surface area contributed by atoms with Crippen LogP contribution in [0.5, 0.6) is 0 Å². The third kappa shape index (κ3) is 4.14. The van der Waals surface area contributed by atoms with Gasteiger partial charge in [0.2, 0.25) is 6.17 Å². The molecule has 1 heterocycles. The van der Waals surface area contributed by atoms with Gasteiger partial charge < -0.3 is 15.5 Å². The first kappa shape index (κ1) is 21.6. The highest BCUT2D eigenvalue weighted by atomic mass is 19.1. The van der Waals surface area contributed by atoms with Gasteiger partial charge in [-0.3, -0.25) is 4.79 Å². The maximum Gasteiger partial charge on any atom is 0.321 e. The van der Waals surface area contributed by atoms with Gasteiger partial charge in [0, 0.05) is 18.2 Å². The Morgan fingerprint density at radius 2 is 1.67 bits per heavy atom. The van der Waals surface area contributed by atoms with Gasteiger partial charge in [0.15, 0.2) is 0 Å². The van der Waals surface area contributed by atoms with Crippen LogP contribution in [-0.4, -0.2) is 30.9 Å². The molecule has 33 heavy (non-hydrogen) atoms. The van der Waals surface area contributed by atoms with E-state index in [4.69, 9.17) is 0 Å².